The Labute approximate surface area is 114 Å². The van der Waals surface area contributed by atoms with Crippen molar-refractivity contribution in [3.05, 3.63) is 29.6 Å². The second-order valence-electron chi connectivity index (χ2n) is 4.97. The number of aromatic nitrogens is 1. The van der Waals surface area contributed by atoms with Crippen molar-refractivity contribution >= 4 is 9.84 Å². The van der Waals surface area contributed by atoms with Crippen molar-refractivity contribution < 1.29 is 8.42 Å². The van der Waals surface area contributed by atoms with Gasteiger partial charge in [0.25, 0.3) is 0 Å². The lowest BCUT2D eigenvalue weighted by atomic mass is 10.2. The summed E-state index contributed by atoms with van der Waals surface area (Å²) in [7, 11) is -0.920. The molecule has 0 unspecified atom stereocenters. The third-order valence-electron chi connectivity index (χ3n) is 3.30. The molecule has 0 saturated carbocycles. The summed E-state index contributed by atoms with van der Waals surface area (Å²) < 4.78 is 23.1. The molecule has 5 nitrogen and oxygen atoms in total. The molecule has 0 spiro atoms. The average Bonchev–Trinajstić information content (AvgIpc) is 2.54. The van der Waals surface area contributed by atoms with Crippen LogP contribution in [0.4, 0.5) is 0 Å². The van der Waals surface area contributed by atoms with Gasteiger partial charge in [-0.15, -0.1) is 0 Å². The van der Waals surface area contributed by atoms with Crippen LogP contribution in [0.3, 0.4) is 0 Å². The molecule has 0 amide bonds. The topological polar surface area (TPSA) is 62.3 Å². The van der Waals surface area contributed by atoms with Gasteiger partial charge in [-0.25, -0.2) is 8.42 Å². The third kappa shape index (κ3) is 4.56. The SMILES string of the molecule is CNCc1ccc(CN2CCCS(=O)(=O)CC2)nc1. The molecule has 106 valence electrons. The third-order valence-corrected chi connectivity index (χ3v) is 5.02. The fourth-order valence-electron chi connectivity index (χ4n) is 2.23. The normalized spacial score (nSPS) is 20.1. The lowest BCUT2D eigenvalue weighted by Crippen LogP contribution is -2.27. The molecule has 1 aromatic heterocycles. The summed E-state index contributed by atoms with van der Waals surface area (Å²) in [5, 5.41) is 3.09. The summed E-state index contributed by atoms with van der Waals surface area (Å²) in [6, 6.07) is 4.08. The Hall–Kier alpha value is -0.980. The molecule has 1 aliphatic rings. The molecular formula is C13H21N3O2S. The molecule has 2 rings (SSSR count). The van der Waals surface area contributed by atoms with Crippen molar-refractivity contribution in [2.75, 3.05) is 31.6 Å². The van der Waals surface area contributed by atoms with Crippen LogP contribution in [0, 0.1) is 0 Å². The Morgan fingerprint density at radius 1 is 1.32 bits per heavy atom. The van der Waals surface area contributed by atoms with Crippen LogP contribution in [0.2, 0.25) is 0 Å². The van der Waals surface area contributed by atoms with Gasteiger partial charge in [0.15, 0.2) is 9.84 Å². The first kappa shape index (κ1) is 14.4. The van der Waals surface area contributed by atoms with Crippen LogP contribution >= 0.6 is 0 Å². The van der Waals surface area contributed by atoms with Crippen LogP contribution in [-0.4, -0.2) is 49.9 Å². The van der Waals surface area contributed by atoms with E-state index >= 15 is 0 Å². The van der Waals surface area contributed by atoms with E-state index in [1.807, 2.05) is 19.3 Å². The highest BCUT2D eigenvalue weighted by Gasteiger charge is 2.19. The monoisotopic (exact) mass is 283 g/mol. The molecule has 6 heteroatoms. The van der Waals surface area contributed by atoms with Crippen molar-refractivity contribution in [3.8, 4) is 0 Å². The average molecular weight is 283 g/mol. The molecule has 1 aliphatic heterocycles. The van der Waals surface area contributed by atoms with E-state index in [-0.39, 0.29) is 5.75 Å². The van der Waals surface area contributed by atoms with Gasteiger partial charge in [0, 0.05) is 25.8 Å². The maximum absolute atomic E-state index is 11.5. The number of hydrogen-bond donors (Lipinski definition) is 1. The first-order chi connectivity index (χ1) is 9.09. The standard InChI is InChI=1S/C13H21N3O2S/c1-14-9-12-3-4-13(15-10-12)11-16-5-2-7-19(17,18)8-6-16/h3-4,10,14H,2,5-9,11H2,1H3. The molecule has 0 aromatic carbocycles. The number of sulfone groups is 1. The summed E-state index contributed by atoms with van der Waals surface area (Å²) in [6.45, 7) is 2.99. The minimum Gasteiger partial charge on any atom is -0.316 e. The predicted octanol–water partition coefficient (Wildman–Crippen LogP) is 0.422. The molecule has 0 aliphatic carbocycles. The van der Waals surface area contributed by atoms with Gasteiger partial charge in [-0.1, -0.05) is 6.07 Å². The molecule has 0 atom stereocenters. The summed E-state index contributed by atoms with van der Waals surface area (Å²) in [5.74, 6) is 0.586. The van der Waals surface area contributed by atoms with E-state index in [0.29, 0.717) is 12.3 Å². The van der Waals surface area contributed by atoms with E-state index in [2.05, 4.69) is 21.3 Å². The van der Waals surface area contributed by atoms with Gasteiger partial charge in [-0.05, 0) is 31.6 Å². The molecule has 0 radical (unpaired) electrons. The predicted molar refractivity (Wildman–Crippen MR) is 75.5 cm³/mol. The zero-order valence-electron chi connectivity index (χ0n) is 11.3. The number of nitrogens with zero attached hydrogens (tertiary/aromatic N) is 2. The summed E-state index contributed by atoms with van der Waals surface area (Å²) >= 11 is 0. The quantitative estimate of drug-likeness (QED) is 0.868. The van der Waals surface area contributed by atoms with Crippen LogP contribution < -0.4 is 5.32 Å². The zero-order chi connectivity index (χ0) is 13.7. The van der Waals surface area contributed by atoms with Crippen molar-refractivity contribution in [2.24, 2.45) is 0 Å². The van der Waals surface area contributed by atoms with Gasteiger partial charge < -0.3 is 5.32 Å². The molecule has 1 aromatic rings. The number of nitrogens with one attached hydrogen (secondary N) is 1. The Balaban J connectivity index is 1.93. The van der Waals surface area contributed by atoms with Crippen LogP contribution in [-0.2, 0) is 22.9 Å². The van der Waals surface area contributed by atoms with E-state index in [1.165, 1.54) is 0 Å². The molecule has 1 fully saturated rings. The molecular weight excluding hydrogens is 262 g/mol. The maximum Gasteiger partial charge on any atom is 0.151 e. The fourth-order valence-corrected chi connectivity index (χ4v) is 3.54. The van der Waals surface area contributed by atoms with Crippen molar-refractivity contribution in [1.82, 2.24) is 15.2 Å². The van der Waals surface area contributed by atoms with Crippen LogP contribution in [0.15, 0.2) is 18.3 Å². The fraction of sp³-hybridized carbons (Fsp3) is 0.615. The first-order valence-corrected chi connectivity index (χ1v) is 8.42. The van der Waals surface area contributed by atoms with E-state index in [9.17, 15) is 8.42 Å². The Morgan fingerprint density at radius 2 is 2.16 bits per heavy atom. The smallest absolute Gasteiger partial charge is 0.151 e. The van der Waals surface area contributed by atoms with Gasteiger partial charge in [-0.2, -0.15) is 0 Å². The Bertz CT molecular complexity index is 499. The lowest BCUT2D eigenvalue weighted by Gasteiger charge is -2.18. The highest BCUT2D eigenvalue weighted by Crippen LogP contribution is 2.09. The highest BCUT2D eigenvalue weighted by atomic mass is 32.2. The van der Waals surface area contributed by atoms with E-state index in [4.69, 9.17) is 0 Å². The van der Waals surface area contributed by atoms with Gasteiger partial charge in [0.1, 0.15) is 0 Å². The molecule has 19 heavy (non-hydrogen) atoms. The maximum atomic E-state index is 11.5. The van der Waals surface area contributed by atoms with Gasteiger partial charge in [0.05, 0.1) is 17.2 Å². The largest absolute Gasteiger partial charge is 0.316 e. The first-order valence-electron chi connectivity index (χ1n) is 6.60. The number of hydrogen-bond acceptors (Lipinski definition) is 5. The van der Waals surface area contributed by atoms with Crippen molar-refractivity contribution in [3.63, 3.8) is 0 Å². The second-order valence-corrected chi connectivity index (χ2v) is 7.27. The van der Waals surface area contributed by atoms with Gasteiger partial charge >= 0.3 is 0 Å². The van der Waals surface area contributed by atoms with E-state index < -0.39 is 9.84 Å². The number of rotatable bonds is 4. The molecule has 0 bridgehead atoms. The minimum absolute atomic E-state index is 0.269. The molecule has 2 heterocycles. The minimum atomic E-state index is -2.83. The van der Waals surface area contributed by atoms with Gasteiger partial charge in [0.2, 0.25) is 0 Å². The van der Waals surface area contributed by atoms with Crippen LogP contribution in [0.5, 0.6) is 0 Å². The lowest BCUT2D eigenvalue weighted by molar-refractivity contribution is 0.284. The van der Waals surface area contributed by atoms with Crippen molar-refractivity contribution in [2.45, 2.75) is 19.5 Å². The highest BCUT2D eigenvalue weighted by molar-refractivity contribution is 7.91. The van der Waals surface area contributed by atoms with E-state index in [0.717, 1.165) is 37.3 Å². The summed E-state index contributed by atoms with van der Waals surface area (Å²) in [5.41, 5.74) is 2.16. The Morgan fingerprint density at radius 3 is 2.84 bits per heavy atom. The van der Waals surface area contributed by atoms with Gasteiger partial charge in [-0.3, -0.25) is 9.88 Å². The zero-order valence-corrected chi connectivity index (χ0v) is 12.1. The van der Waals surface area contributed by atoms with Crippen LogP contribution in [0.1, 0.15) is 17.7 Å². The summed E-state index contributed by atoms with van der Waals surface area (Å²) in [6.07, 6.45) is 2.60. The van der Waals surface area contributed by atoms with Crippen molar-refractivity contribution in [1.29, 1.82) is 0 Å². The summed E-state index contributed by atoms with van der Waals surface area (Å²) in [4.78, 5) is 6.60. The second kappa shape index (κ2) is 6.45. The molecule has 1 saturated heterocycles. The Kier molecular flexibility index (Phi) is 4.90. The number of pyridine rings is 1. The van der Waals surface area contributed by atoms with E-state index in [1.54, 1.807) is 0 Å². The molecule has 1 N–H and O–H groups in total. The van der Waals surface area contributed by atoms with Crippen LogP contribution in [0.25, 0.3) is 0 Å².